The van der Waals surface area contributed by atoms with Gasteiger partial charge in [0.2, 0.25) is 0 Å². The molecule has 2 unspecified atom stereocenters. The first-order valence-corrected chi connectivity index (χ1v) is 5.27. The number of esters is 1. The van der Waals surface area contributed by atoms with E-state index in [9.17, 15) is 9.90 Å². The van der Waals surface area contributed by atoms with Gasteiger partial charge in [-0.1, -0.05) is 6.92 Å². The van der Waals surface area contributed by atoms with Crippen molar-refractivity contribution in [2.45, 2.75) is 38.2 Å². The lowest BCUT2D eigenvalue weighted by Gasteiger charge is -2.17. The number of carbonyl (C=O) groups excluding carboxylic acids is 1. The summed E-state index contributed by atoms with van der Waals surface area (Å²) in [6.07, 6.45) is 2.93. The van der Waals surface area contributed by atoms with Gasteiger partial charge >= 0.3 is 5.97 Å². The fourth-order valence-corrected chi connectivity index (χ4v) is 1.26. The Morgan fingerprint density at radius 1 is 1.67 bits per heavy atom. The molecule has 0 radical (unpaired) electrons. The van der Waals surface area contributed by atoms with Crippen molar-refractivity contribution in [1.29, 1.82) is 0 Å². The van der Waals surface area contributed by atoms with Gasteiger partial charge in [-0.3, -0.25) is 4.79 Å². The van der Waals surface area contributed by atoms with E-state index in [0.29, 0.717) is 6.42 Å². The van der Waals surface area contributed by atoms with Crippen LogP contribution in [0.15, 0.2) is 0 Å². The average Bonchev–Trinajstić information content (AvgIpc) is 2.02. The molecule has 1 N–H and O–H groups in total. The van der Waals surface area contributed by atoms with Gasteiger partial charge in [0.1, 0.15) is 11.5 Å². The van der Waals surface area contributed by atoms with E-state index in [1.54, 1.807) is 0 Å². The molecule has 0 rings (SSSR count). The highest BCUT2D eigenvalue weighted by molar-refractivity contribution is 7.99. The van der Waals surface area contributed by atoms with Gasteiger partial charge in [0.25, 0.3) is 0 Å². The average molecular weight is 192 g/mol. The van der Waals surface area contributed by atoms with Gasteiger partial charge in [-0.2, -0.15) is 0 Å². The van der Waals surface area contributed by atoms with Gasteiger partial charge in [-0.15, -0.1) is 11.8 Å². The molecular weight excluding hydrogens is 176 g/mol. The van der Waals surface area contributed by atoms with Crippen molar-refractivity contribution in [1.82, 2.24) is 0 Å². The number of aliphatic hydroxyl groups excluding tert-OH is 1. The van der Waals surface area contributed by atoms with Crippen LogP contribution in [0.25, 0.3) is 0 Å². The van der Waals surface area contributed by atoms with E-state index >= 15 is 0 Å². The first-order valence-electron chi connectivity index (χ1n) is 3.98. The fraction of sp³-hybridized carbons (Fsp3) is 0.875. The highest BCUT2D eigenvalue weighted by atomic mass is 32.2. The van der Waals surface area contributed by atoms with Gasteiger partial charge in [0.15, 0.2) is 0 Å². The quantitative estimate of drug-likeness (QED) is 0.528. The van der Waals surface area contributed by atoms with E-state index in [1.807, 2.05) is 13.2 Å². The lowest BCUT2D eigenvalue weighted by molar-refractivity contribution is -0.147. The highest BCUT2D eigenvalue weighted by Gasteiger charge is 2.14. The molecule has 3 nitrogen and oxygen atoms in total. The summed E-state index contributed by atoms with van der Waals surface area (Å²) in [4.78, 5) is 10.6. The summed E-state index contributed by atoms with van der Waals surface area (Å²) in [7, 11) is 0. The standard InChI is InChI=1S/C8H16O3S/c1-4-7(11-6(2)9)5-8(10)12-3/h7-8,10H,4-5H2,1-3H3. The third-order valence-electron chi connectivity index (χ3n) is 1.52. The molecule has 0 aromatic carbocycles. The van der Waals surface area contributed by atoms with Crippen molar-refractivity contribution < 1.29 is 14.6 Å². The third-order valence-corrected chi connectivity index (χ3v) is 2.26. The van der Waals surface area contributed by atoms with Crippen molar-refractivity contribution in [3.05, 3.63) is 0 Å². The third kappa shape index (κ3) is 5.43. The molecule has 0 aliphatic heterocycles. The van der Waals surface area contributed by atoms with Crippen LogP contribution in [-0.2, 0) is 9.53 Å². The summed E-state index contributed by atoms with van der Waals surface area (Å²) in [5.41, 5.74) is -0.436. The van der Waals surface area contributed by atoms with Crippen LogP contribution < -0.4 is 0 Å². The number of hydrogen-bond acceptors (Lipinski definition) is 4. The molecule has 0 bridgehead atoms. The maximum atomic E-state index is 10.6. The van der Waals surface area contributed by atoms with E-state index in [-0.39, 0.29) is 12.1 Å². The van der Waals surface area contributed by atoms with Crippen molar-refractivity contribution in [3.8, 4) is 0 Å². The first kappa shape index (κ1) is 11.8. The molecule has 0 amide bonds. The van der Waals surface area contributed by atoms with E-state index < -0.39 is 5.44 Å². The first-order chi connectivity index (χ1) is 5.60. The predicted octanol–water partition coefficient (Wildman–Crippen LogP) is 1.40. The summed E-state index contributed by atoms with van der Waals surface area (Å²) < 4.78 is 4.96. The largest absolute Gasteiger partial charge is 0.462 e. The van der Waals surface area contributed by atoms with Gasteiger partial charge < -0.3 is 9.84 Å². The van der Waals surface area contributed by atoms with Crippen molar-refractivity contribution in [3.63, 3.8) is 0 Å². The Morgan fingerprint density at radius 2 is 2.25 bits per heavy atom. The lowest BCUT2D eigenvalue weighted by atomic mass is 10.2. The molecule has 2 atom stereocenters. The lowest BCUT2D eigenvalue weighted by Crippen LogP contribution is -2.20. The maximum Gasteiger partial charge on any atom is 0.302 e. The second kappa shape index (κ2) is 6.31. The van der Waals surface area contributed by atoms with Crippen LogP contribution in [0.1, 0.15) is 26.7 Å². The maximum absolute atomic E-state index is 10.6. The van der Waals surface area contributed by atoms with Crippen LogP contribution >= 0.6 is 11.8 Å². The minimum atomic E-state index is -0.436. The van der Waals surface area contributed by atoms with Gasteiger partial charge in [-0.05, 0) is 12.7 Å². The van der Waals surface area contributed by atoms with Crippen LogP contribution in [-0.4, -0.2) is 28.9 Å². The normalized spacial score (nSPS) is 15.3. The summed E-state index contributed by atoms with van der Waals surface area (Å²) in [6, 6.07) is 0. The van der Waals surface area contributed by atoms with Crippen molar-refractivity contribution >= 4 is 17.7 Å². The fourth-order valence-electron chi connectivity index (χ4n) is 0.854. The van der Waals surface area contributed by atoms with Crippen molar-refractivity contribution in [2.75, 3.05) is 6.26 Å². The summed E-state index contributed by atoms with van der Waals surface area (Å²) >= 11 is 1.36. The summed E-state index contributed by atoms with van der Waals surface area (Å²) in [5.74, 6) is -0.282. The van der Waals surface area contributed by atoms with Crippen LogP contribution in [0.5, 0.6) is 0 Å². The van der Waals surface area contributed by atoms with Crippen LogP contribution in [0.4, 0.5) is 0 Å². The molecule has 0 aliphatic carbocycles. The molecule has 0 aromatic rings. The van der Waals surface area contributed by atoms with Gasteiger partial charge in [-0.25, -0.2) is 0 Å². The molecule has 0 saturated heterocycles. The zero-order valence-electron chi connectivity index (χ0n) is 7.74. The molecule has 0 saturated carbocycles. The minimum Gasteiger partial charge on any atom is -0.462 e. The van der Waals surface area contributed by atoms with Crippen LogP contribution in [0.2, 0.25) is 0 Å². The second-order valence-electron chi connectivity index (χ2n) is 2.57. The van der Waals surface area contributed by atoms with Gasteiger partial charge in [0, 0.05) is 13.3 Å². The Labute approximate surface area is 77.5 Å². The van der Waals surface area contributed by atoms with Crippen molar-refractivity contribution in [2.24, 2.45) is 0 Å². The zero-order valence-corrected chi connectivity index (χ0v) is 8.56. The molecule has 72 valence electrons. The Hall–Kier alpha value is -0.220. The monoisotopic (exact) mass is 192 g/mol. The molecule has 0 aromatic heterocycles. The second-order valence-corrected chi connectivity index (χ2v) is 3.58. The number of hydrogen-bond donors (Lipinski definition) is 1. The molecular formula is C8H16O3S. The summed E-state index contributed by atoms with van der Waals surface area (Å²) in [6.45, 7) is 3.31. The number of aliphatic hydroxyl groups is 1. The van der Waals surface area contributed by atoms with E-state index in [4.69, 9.17) is 4.74 Å². The molecule has 0 aliphatic rings. The van der Waals surface area contributed by atoms with Crippen LogP contribution in [0, 0.1) is 0 Å². The zero-order chi connectivity index (χ0) is 9.56. The van der Waals surface area contributed by atoms with Gasteiger partial charge in [0.05, 0.1) is 0 Å². The Bertz CT molecular complexity index is 138. The van der Waals surface area contributed by atoms with E-state index in [1.165, 1.54) is 18.7 Å². The Balaban J connectivity index is 3.74. The number of thioether (sulfide) groups is 1. The highest BCUT2D eigenvalue weighted by Crippen LogP contribution is 2.14. The Morgan fingerprint density at radius 3 is 2.58 bits per heavy atom. The summed E-state index contributed by atoms with van der Waals surface area (Å²) in [5, 5.41) is 9.24. The topological polar surface area (TPSA) is 46.5 Å². The SMILES string of the molecule is CCC(CC(O)SC)OC(C)=O. The minimum absolute atomic E-state index is 0.148. The molecule has 0 fully saturated rings. The Kier molecular flexibility index (Phi) is 6.20. The molecule has 4 heteroatoms. The molecule has 12 heavy (non-hydrogen) atoms. The predicted molar refractivity (Wildman–Crippen MR) is 50.0 cm³/mol. The number of ether oxygens (including phenoxy) is 1. The van der Waals surface area contributed by atoms with E-state index in [2.05, 4.69) is 0 Å². The van der Waals surface area contributed by atoms with Crippen LogP contribution in [0.3, 0.4) is 0 Å². The smallest absolute Gasteiger partial charge is 0.302 e. The molecule has 0 spiro atoms. The molecule has 0 heterocycles. The number of carbonyl (C=O) groups is 1. The van der Waals surface area contributed by atoms with E-state index in [0.717, 1.165) is 6.42 Å². The number of rotatable bonds is 5.